The lowest BCUT2D eigenvalue weighted by Crippen LogP contribution is -1.99. The Balaban J connectivity index is 1.38. The van der Waals surface area contributed by atoms with Crippen LogP contribution in [-0.2, 0) is 0 Å². The highest BCUT2D eigenvalue weighted by Crippen LogP contribution is 2.50. The quantitative estimate of drug-likeness (QED) is 0.203. The van der Waals surface area contributed by atoms with Gasteiger partial charge in [0.15, 0.2) is 0 Å². The molecular weight excluding hydrogens is 515 g/mol. The summed E-state index contributed by atoms with van der Waals surface area (Å²) in [6.07, 6.45) is 1.91. The molecule has 0 amide bonds. The van der Waals surface area contributed by atoms with Gasteiger partial charge in [0.25, 0.3) is 0 Å². The van der Waals surface area contributed by atoms with Crippen LogP contribution in [0.15, 0.2) is 140 Å². The average molecular weight is 538 g/mol. The molecule has 6 aromatic carbocycles. The molecular formula is C39H23NS. The number of hydrogen-bond acceptors (Lipinski definition) is 2. The van der Waals surface area contributed by atoms with Gasteiger partial charge < -0.3 is 0 Å². The minimum atomic E-state index is 1.04. The number of rotatable bonds is 1. The first-order valence-electron chi connectivity index (χ1n) is 14.0. The first kappa shape index (κ1) is 22.7. The minimum absolute atomic E-state index is 1.04. The fourth-order valence-electron chi connectivity index (χ4n) is 6.68. The molecule has 41 heavy (non-hydrogen) atoms. The second-order valence-electron chi connectivity index (χ2n) is 10.7. The number of fused-ring (bicyclic) bond motifs is 13. The van der Waals surface area contributed by atoms with Gasteiger partial charge in [-0.25, -0.2) is 0 Å². The van der Waals surface area contributed by atoms with Crippen molar-refractivity contribution in [2.24, 2.45) is 0 Å². The Morgan fingerprint density at radius 1 is 0.439 bits per heavy atom. The predicted molar refractivity (Wildman–Crippen MR) is 175 cm³/mol. The monoisotopic (exact) mass is 537 g/mol. The second-order valence-corrected chi connectivity index (χ2v) is 11.7. The van der Waals surface area contributed by atoms with Crippen LogP contribution < -0.4 is 0 Å². The molecule has 2 heteroatoms. The predicted octanol–water partition coefficient (Wildman–Crippen LogP) is 11.3. The third kappa shape index (κ3) is 3.32. The van der Waals surface area contributed by atoms with Crippen molar-refractivity contribution in [3.8, 4) is 55.6 Å². The van der Waals surface area contributed by atoms with Crippen LogP contribution in [0.5, 0.6) is 0 Å². The molecule has 0 N–H and O–H groups in total. The Bertz CT molecular complexity index is 2320. The standard InChI is InChI=1S/C39H23NS/c1-2-11-28-27(10-1)30-20-19-25(26-15-7-16-34-31-13-5-6-17-36(31)41-39(26)34)23-35(30)29-12-3-4-14-32(29)37-33(28)21-18-24-9-8-22-40-38(24)37/h1-23H. The number of thiophene rings is 1. The van der Waals surface area contributed by atoms with Crippen LogP contribution in [0.4, 0.5) is 0 Å². The maximum atomic E-state index is 4.92. The van der Waals surface area contributed by atoms with E-state index in [1.54, 1.807) is 0 Å². The largest absolute Gasteiger partial charge is 0.256 e. The van der Waals surface area contributed by atoms with E-state index in [0.717, 1.165) is 10.9 Å². The van der Waals surface area contributed by atoms with E-state index in [2.05, 4.69) is 127 Å². The minimum Gasteiger partial charge on any atom is -0.256 e. The normalized spacial score (nSPS) is 11.9. The lowest BCUT2D eigenvalue weighted by Gasteiger charge is -2.24. The Hall–Kier alpha value is -5.05. The molecule has 0 bridgehead atoms. The number of pyridine rings is 1. The van der Waals surface area contributed by atoms with Crippen LogP contribution in [0.3, 0.4) is 0 Å². The van der Waals surface area contributed by atoms with E-state index in [4.69, 9.17) is 4.98 Å². The maximum Gasteiger partial charge on any atom is 0.0786 e. The van der Waals surface area contributed by atoms with E-state index in [1.165, 1.54) is 75.8 Å². The summed E-state index contributed by atoms with van der Waals surface area (Å²) >= 11 is 1.89. The van der Waals surface area contributed by atoms with Crippen molar-refractivity contribution >= 4 is 42.4 Å². The molecule has 0 spiro atoms. The zero-order valence-electron chi connectivity index (χ0n) is 22.1. The van der Waals surface area contributed by atoms with Gasteiger partial charge in [-0.1, -0.05) is 115 Å². The molecule has 190 valence electrons. The van der Waals surface area contributed by atoms with Crippen molar-refractivity contribution in [2.45, 2.75) is 0 Å². The Labute approximate surface area is 242 Å². The van der Waals surface area contributed by atoms with Crippen LogP contribution in [0, 0.1) is 0 Å². The van der Waals surface area contributed by atoms with E-state index in [1.807, 2.05) is 23.6 Å². The molecule has 2 aromatic heterocycles. The summed E-state index contributed by atoms with van der Waals surface area (Å²) in [5, 5.41) is 3.81. The fraction of sp³-hybridized carbons (Fsp3) is 0. The van der Waals surface area contributed by atoms with Crippen molar-refractivity contribution in [1.29, 1.82) is 0 Å². The van der Waals surface area contributed by atoms with E-state index in [0.29, 0.717) is 0 Å². The fourth-order valence-corrected chi connectivity index (χ4v) is 7.91. The highest BCUT2D eigenvalue weighted by Gasteiger charge is 2.24. The molecule has 0 saturated heterocycles. The third-order valence-electron chi connectivity index (χ3n) is 8.50. The molecule has 0 radical (unpaired) electrons. The molecule has 0 unspecified atom stereocenters. The summed E-state index contributed by atoms with van der Waals surface area (Å²) < 4.78 is 2.67. The molecule has 0 aliphatic heterocycles. The van der Waals surface area contributed by atoms with Gasteiger partial charge in [-0.3, -0.25) is 4.98 Å². The summed E-state index contributed by atoms with van der Waals surface area (Å²) in [6, 6.07) is 48.8. The summed E-state index contributed by atoms with van der Waals surface area (Å²) in [5.41, 5.74) is 13.5. The zero-order valence-corrected chi connectivity index (χ0v) is 23.0. The van der Waals surface area contributed by atoms with E-state index >= 15 is 0 Å². The third-order valence-corrected chi connectivity index (χ3v) is 9.72. The molecule has 0 fully saturated rings. The molecule has 0 atom stereocenters. The van der Waals surface area contributed by atoms with Gasteiger partial charge in [-0.15, -0.1) is 11.3 Å². The lowest BCUT2D eigenvalue weighted by molar-refractivity contribution is 1.41. The molecule has 1 aliphatic rings. The first-order valence-corrected chi connectivity index (χ1v) is 14.8. The number of nitrogens with zero attached hydrogens (tertiary/aromatic N) is 1. The summed E-state index contributed by atoms with van der Waals surface area (Å²) in [7, 11) is 0. The molecule has 9 rings (SSSR count). The van der Waals surface area contributed by atoms with Gasteiger partial charge >= 0.3 is 0 Å². The summed E-state index contributed by atoms with van der Waals surface area (Å²) in [6.45, 7) is 0. The summed E-state index contributed by atoms with van der Waals surface area (Å²) in [5.74, 6) is 0. The molecule has 0 saturated carbocycles. The average Bonchev–Trinajstić information content (AvgIpc) is 3.42. The Kier molecular flexibility index (Phi) is 4.84. The van der Waals surface area contributed by atoms with Crippen molar-refractivity contribution < 1.29 is 0 Å². The first-order chi connectivity index (χ1) is 20.3. The molecule has 1 nitrogen and oxygen atoms in total. The smallest absolute Gasteiger partial charge is 0.0786 e. The van der Waals surface area contributed by atoms with Gasteiger partial charge in [0.2, 0.25) is 0 Å². The van der Waals surface area contributed by atoms with Gasteiger partial charge in [0.1, 0.15) is 0 Å². The zero-order chi connectivity index (χ0) is 26.9. The Morgan fingerprint density at radius 2 is 1.10 bits per heavy atom. The molecule has 1 aliphatic carbocycles. The SMILES string of the molecule is c1ccc2c(c1)-c1ccc(-c3cccc4c3sc3ccccc34)cc1-c1ccccc1-c1c-2ccc2cccnc12. The van der Waals surface area contributed by atoms with Crippen molar-refractivity contribution in [2.75, 3.05) is 0 Å². The van der Waals surface area contributed by atoms with Crippen LogP contribution in [-0.4, -0.2) is 4.98 Å². The summed E-state index contributed by atoms with van der Waals surface area (Å²) in [4.78, 5) is 4.92. The Morgan fingerprint density at radius 3 is 1.98 bits per heavy atom. The molecule has 2 heterocycles. The van der Waals surface area contributed by atoms with Crippen molar-refractivity contribution in [1.82, 2.24) is 4.98 Å². The van der Waals surface area contributed by atoms with Gasteiger partial charge in [0, 0.05) is 37.3 Å². The highest BCUT2D eigenvalue weighted by molar-refractivity contribution is 7.26. The van der Waals surface area contributed by atoms with E-state index in [-0.39, 0.29) is 0 Å². The molecule has 8 aromatic rings. The number of hydrogen-bond donors (Lipinski definition) is 0. The van der Waals surface area contributed by atoms with Gasteiger partial charge in [-0.2, -0.15) is 0 Å². The van der Waals surface area contributed by atoms with Crippen LogP contribution in [0.25, 0.3) is 86.7 Å². The van der Waals surface area contributed by atoms with Crippen LogP contribution >= 0.6 is 11.3 Å². The second kappa shape index (κ2) is 8.72. The van der Waals surface area contributed by atoms with Gasteiger partial charge in [-0.05, 0) is 68.3 Å². The van der Waals surface area contributed by atoms with Crippen LogP contribution in [0.2, 0.25) is 0 Å². The lowest BCUT2D eigenvalue weighted by atomic mass is 9.79. The number of benzene rings is 6. The number of aromatic nitrogens is 1. The highest BCUT2D eigenvalue weighted by atomic mass is 32.1. The van der Waals surface area contributed by atoms with E-state index in [9.17, 15) is 0 Å². The van der Waals surface area contributed by atoms with Crippen LogP contribution in [0.1, 0.15) is 0 Å². The van der Waals surface area contributed by atoms with Crippen molar-refractivity contribution in [3.05, 3.63) is 140 Å². The van der Waals surface area contributed by atoms with Gasteiger partial charge in [0.05, 0.1) is 5.52 Å². The topological polar surface area (TPSA) is 12.9 Å². The van der Waals surface area contributed by atoms with Crippen molar-refractivity contribution in [3.63, 3.8) is 0 Å². The van der Waals surface area contributed by atoms with E-state index < -0.39 is 0 Å². The maximum absolute atomic E-state index is 4.92.